The predicted octanol–water partition coefficient (Wildman–Crippen LogP) is 3.66. The molecule has 23 heavy (non-hydrogen) atoms. The molecule has 2 N–H and O–H groups in total. The van der Waals surface area contributed by atoms with Crippen molar-refractivity contribution in [2.45, 2.75) is 52.4 Å². The van der Waals surface area contributed by atoms with Crippen molar-refractivity contribution in [2.75, 3.05) is 11.9 Å². The second kappa shape index (κ2) is 8.70. The second-order valence-electron chi connectivity index (χ2n) is 6.50. The minimum Gasteiger partial charge on any atom is -0.356 e. The molecule has 0 aromatic heterocycles. The van der Waals surface area contributed by atoms with Crippen molar-refractivity contribution in [1.29, 1.82) is 0 Å². The smallest absolute Gasteiger partial charge is 0.227 e. The van der Waals surface area contributed by atoms with Crippen molar-refractivity contribution in [3.8, 4) is 0 Å². The van der Waals surface area contributed by atoms with Crippen LogP contribution in [0.25, 0.3) is 0 Å². The maximum atomic E-state index is 12.4. The van der Waals surface area contributed by atoms with E-state index in [4.69, 9.17) is 0 Å². The van der Waals surface area contributed by atoms with Crippen molar-refractivity contribution in [3.05, 3.63) is 29.8 Å². The summed E-state index contributed by atoms with van der Waals surface area (Å²) in [5.41, 5.74) is 1.96. The Bertz CT molecular complexity index is 534. The Morgan fingerprint density at radius 3 is 2.26 bits per heavy atom. The lowest BCUT2D eigenvalue weighted by atomic mass is 9.81. The number of amides is 2. The summed E-state index contributed by atoms with van der Waals surface area (Å²) in [6.45, 7) is 4.88. The zero-order valence-electron chi connectivity index (χ0n) is 14.2. The van der Waals surface area contributed by atoms with Crippen LogP contribution in [-0.4, -0.2) is 18.4 Å². The van der Waals surface area contributed by atoms with Gasteiger partial charge in [0.2, 0.25) is 11.8 Å². The van der Waals surface area contributed by atoms with Crippen LogP contribution in [0.1, 0.15) is 51.0 Å². The van der Waals surface area contributed by atoms with Gasteiger partial charge in [-0.1, -0.05) is 31.5 Å². The Balaban J connectivity index is 1.78. The molecular weight excluding hydrogens is 288 g/mol. The zero-order chi connectivity index (χ0) is 16.7. The Morgan fingerprint density at radius 1 is 1.04 bits per heavy atom. The van der Waals surface area contributed by atoms with Crippen LogP contribution >= 0.6 is 0 Å². The number of rotatable bonds is 6. The highest BCUT2D eigenvalue weighted by Gasteiger charge is 2.29. The molecule has 0 bridgehead atoms. The highest BCUT2D eigenvalue weighted by molar-refractivity contribution is 5.93. The highest BCUT2D eigenvalue weighted by Crippen LogP contribution is 2.30. The average Bonchev–Trinajstić information content (AvgIpc) is 2.57. The molecule has 0 saturated heterocycles. The SMILES string of the molecule is CCCCNC(=O)C1CCC(C(=O)Nc2ccccc2C)CC1. The Kier molecular flexibility index (Phi) is 6.63. The summed E-state index contributed by atoms with van der Waals surface area (Å²) in [4.78, 5) is 24.5. The summed E-state index contributed by atoms with van der Waals surface area (Å²) in [6.07, 6.45) is 5.33. The van der Waals surface area contributed by atoms with Crippen LogP contribution in [0, 0.1) is 18.8 Å². The minimum atomic E-state index is 0.0225. The van der Waals surface area contributed by atoms with Gasteiger partial charge in [-0.15, -0.1) is 0 Å². The van der Waals surface area contributed by atoms with Gasteiger partial charge in [-0.2, -0.15) is 0 Å². The van der Waals surface area contributed by atoms with Gasteiger partial charge in [0.05, 0.1) is 0 Å². The summed E-state index contributed by atoms with van der Waals surface area (Å²) < 4.78 is 0. The summed E-state index contributed by atoms with van der Waals surface area (Å²) in [5.74, 6) is 0.351. The molecule has 2 amide bonds. The highest BCUT2D eigenvalue weighted by atomic mass is 16.2. The van der Waals surface area contributed by atoms with Crippen LogP contribution in [-0.2, 0) is 9.59 Å². The van der Waals surface area contributed by atoms with Gasteiger partial charge in [-0.05, 0) is 50.7 Å². The first-order valence-electron chi connectivity index (χ1n) is 8.76. The number of para-hydroxylation sites is 1. The number of hydrogen-bond acceptors (Lipinski definition) is 2. The molecule has 1 saturated carbocycles. The third-order valence-corrected chi connectivity index (χ3v) is 4.70. The van der Waals surface area contributed by atoms with Gasteiger partial charge in [0.15, 0.2) is 0 Å². The largest absolute Gasteiger partial charge is 0.356 e. The van der Waals surface area contributed by atoms with E-state index in [1.807, 2.05) is 31.2 Å². The minimum absolute atomic E-state index is 0.0225. The average molecular weight is 316 g/mol. The van der Waals surface area contributed by atoms with Crippen molar-refractivity contribution in [3.63, 3.8) is 0 Å². The first-order valence-corrected chi connectivity index (χ1v) is 8.76. The fourth-order valence-corrected chi connectivity index (χ4v) is 3.10. The molecule has 2 rings (SSSR count). The van der Waals surface area contributed by atoms with Crippen LogP contribution in [0.5, 0.6) is 0 Å². The third kappa shape index (κ3) is 5.08. The van der Waals surface area contributed by atoms with Crippen LogP contribution in [0.4, 0.5) is 5.69 Å². The van der Waals surface area contributed by atoms with Crippen molar-refractivity contribution >= 4 is 17.5 Å². The van der Waals surface area contributed by atoms with Crippen LogP contribution in [0.2, 0.25) is 0 Å². The lowest BCUT2D eigenvalue weighted by Crippen LogP contribution is -2.35. The molecule has 0 atom stereocenters. The van der Waals surface area contributed by atoms with Gasteiger partial charge < -0.3 is 10.6 Å². The molecule has 0 radical (unpaired) electrons. The van der Waals surface area contributed by atoms with E-state index in [0.717, 1.165) is 56.3 Å². The molecular formula is C19H28N2O2. The number of nitrogens with one attached hydrogen (secondary N) is 2. The fraction of sp³-hybridized carbons (Fsp3) is 0.579. The summed E-state index contributed by atoms with van der Waals surface area (Å²) >= 11 is 0. The van der Waals surface area contributed by atoms with Crippen LogP contribution in [0.15, 0.2) is 24.3 Å². The molecule has 0 aliphatic heterocycles. The molecule has 0 unspecified atom stereocenters. The number of benzene rings is 1. The lowest BCUT2D eigenvalue weighted by Gasteiger charge is -2.27. The van der Waals surface area contributed by atoms with Gasteiger partial charge in [0, 0.05) is 24.1 Å². The number of aryl methyl sites for hydroxylation is 1. The molecule has 126 valence electrons. The predicted molar refractivity (Wildman–Crippen MR) is 93.2 cm³/mol. The molecule has 0 heterocycles. The number of carbonyl (C=O) groups excluding carboxylic acids is 2. The van der Waals surface area contributed by atoms with E-state index in [1.165, 1.54) is 0 Å². The van der Waals surface area contributed by atoms with E-state index in [0.29, 0.717) is 0 Å². The Hall–Kier alpha value is -1.84. The monoisotopic (exact) mass is 316 g/mol. The topological polar surface area (TPSA) is 58.2 Å². The Labute approximate surface area is 139 Å². The molecule has 1 aliphatic rings. The molecule has 4 heteroatoms. The van der Waals surface area contributed by atoms with Gasteiger partial charge in [-0.25, -0.2) is 0 Å². The van der Waals surface area contributed by atoms with Crippen LogP contribution in [0.3, 0.4) is 0 Å². The lowest BCUT2D eigenvalue weighted by molar-refractivity contribution is -0.128. The molecule has 0 spiro atoms. The molecule has 1 aliphatic carbocycles. The van der Waals surface area contributed by atoms with Gasteiger partial charge in [-0.3, -0.25) is 9.59 Å². The molecule has 4 nitrogen and oxygen atoms in total. The summed E-state index contributed by atoms with van der Waals surface area (Å²) in [6, 6.07) is 7.82. The van der Waals surface area contributed by atoms with E-state index < -0.39 is 0 Å². The van der Waals surface area contributed by atoms with Gasteiger partial charge in [0.25, 0.3) is 0 Å². The molecule has 1 aromatic rings. The summed E-state index contributed by atoms with van der Waals surface area (Å²) in [7, 11) is 0. The van der Waals surface area contributed by atoms with Gasteiger partial charge in [0.1, 0.15) is 0 Å². The second-order valence-corrected chi connectivity index (χ2v) is 6.50. The number of anilines is 1. The normalized spacial score (nSPS) is 20.8. The first kappa shape index (κ1) is 17.5. The van der Waals surface area contributed by atoms with Crippen molar-refractivity contribution in [1.82, 2.24) is 5.32 Å². The summed E-state index contributed by atoms with van der Waals surface area (Å²) in [5, 5.41) is 6.03. The number of carbonyl (C=O) groups is 2. The number of hydrogen-bond donors (Lipinski definition) is 2. The van der Waals surface area contributed by atoms with E-state index in [9.17, 15) is 9.59 Å². The quantitative estimate of drug-likeness (QED) is 0.787. The van der Waals surface area contributed by atoms with Crippen LogP contribution < -0.4 is 10.6 Å². The van der Waals surface area contributed by atoms with E-state index >= 15 is 0 Å². The zero-order valence-corrected chi connectivity index (χ0v) is 14.2. The van der Waals surface area contributed by atoms with E-state index in [-0.39, 0.29) is 23.7 Å². The maximum Gasteiger partial charge on any atom is 0.227 e. The van der Waals surface area contributed by atoms with E-state index in [1.54, 1.807) is 0 Å². The first-order chi connectivity index (χ1) is 11.1. The molecule has 1 fully saturated rings. The maximum absolute atomic E-state index is 12.4. The standard InChI is InChI=1S/C19H28N2O2/c1-3-4-13-20-18(22)15-9-11-16(12-10-15)19(23)21-17-8-6-5-7-14(17)2/h5-8,15-16H,3-4,9-13H2,1-2H3,(H,20,22)(H,21,23). The van der Waals surface area contributed by atoms with Crippen molar-refractivity contribution < 1.29 is 9.59 Å². The van der Waals surface area contributed by atoms with Gasteiger partial charge >= 0.3 is 0 Å². The third-order valence-electron chi connectivity index (χ3n) is 4.70. The Morgan fingerprint density at radius 2 is 1.65 bits per heavy atom. The fourth-order valence-electron chi connectivity index (χ4n) is 3.10. The number of unbranched alkanes of at least 4 members (excludes halogenated alkanes) is 1. The van der Waals surface area contributed by atoms with E-state index in [2.05, 4.69) is 17.6 Å². The van der Waals surface area contributed by atoms with Crippen molar-refractivity contribution in [2.24, 2.45) is 11.8 Å². The molecule has 1 aromatic carbocycles.